The fourth-order valence-electron chi connectivity index (χ4n) is 1.95. The van der Waals surface area contributed by atoms with Crippen LogP contribution >= 0.6 is 15.9 Å². The van der Waals surface area contributed by atoms with Gasteiger partial charge in [-0.25, -0.2) is 0 Å². The van der Waals surface area contributed by atoms with Crippen molar-refractivity contribution in [3.63, 3.8) is 0 Å². The van der Waals surface area contributed by atoms with Gasteiger partial charge in [0.25, 0.3) is 5.91 Å². The monoisotopic (exact) mass is 285 g/mol. The van der Waals surface area contributed by atoms with Crippen molar-refractivity contribution in [2.75, 3.05) is 26.2 Å². The summed E-state index contributed by atoms with van der Waals surface area (Å²) in [5, 5.41) is 3.29. The third-order valence-electron chi connectivity index (χ3n) is 2.82. The first-order valence-electron chi connectivity index (χ1n) is 5.50. The highest BCUT2D eigenvalue weighted by Gasteiger charge is 2.19. The summed E-state index contributed by atoms with van der Waals surface area (Å²) < 4.78 is 2.82. The number of nitrogens with zero attached hydrogens (tertiary/aromatic N) is 2. The number of hydrogen-bond acceptors (Lipinski definition) is 2. The lowest BCUT2D eigenvalue weighted by Crippen LogP contribution is -2.35. The number of amides is 1. The van der Waals surface area contributed by atoms with Gasteiger partial charge < -0.3 is 14.8 Å². The molecule has 0 unspecified atom stereocenters. The molecule has 1 aliphatic rings. The maximum absolute atomic E-state index is 12.2. The largest absolute Gasteiger partial charge is 0.345 e. The standard InChI is InChI=1S/C11H16BrN3O/c1-14-8-9(12)7-10(14)11(16)15-5-2-3-13-4-6-15/h7-8,13H,2-6H2,1H3. The van der Waals surface area contributed by atoms with Crippen molar-refractivity contribution in [2.45, 2.75) is 6.42 Å². The molecule has 1 aliphatic heterocycles. The van der Waals surface area contributed by atoms with Gasteiger partial charge in [-0.2, -0.15) is 0 Å². The number of hydrogen-bond donors (Lipinski definition) is 1. The molecule has 0 spiro atoms. The van der Waals surface area contributed by atoms with Crippen LogP contribution in [-0.2, 0) is 7.05 Å². The van der Waals surface area contributed by atoms with E-state index in [-0.39, 0.29) is 5.91 Å². The molecule has 1 fully saturated rings. The number of halogens is 1. The molecule has 1 saturated heterocycles. The van der Waals surface area contributed by atoms with Crippen LogP contribution in [0.3, 0.4) is 0 Å². The Kier molecular flexibility index (Phi) is 3.66. The predicted molar refractivity (Wildman–Crippen MR) is 66.5 cm³/mol. The van der Waals surface area contributed by atoms with Gasteiger partial charge in [0.1, 0.15) is 5.69 Å². The minimum Gasteiger partial charge on any atom is -0.345 e. The second-order valence-electron chi connectivity index (χ2n) is 4.05. The third-order valence-corrected chi connectivity index (χ3v) is 3.25. The lowest BCUT2D eigenvalue weighted by molar-refractivity contribution is 0.0757. The van der Waals surface area contributed by atoms with Gasteiger partial charge in [0, 0.05) is 37.4 Å². The molecular weight excluding hydrogens is 270 g/mol. The minimum atomic E-state index is 0.122. The summed E-state index contributed by atoms with van der Waals surface area (Å²) in [6.45, 7) is 3.52. The van der Waals surface area contributed by atoms with Gasteiger partial charge in [-0.1, -0.05) is 0 Å². The first-order chi connectivity index (χ1) is 7.68. The summed E-state index contributed by atoms with van der Waals surface area (Å²) in [6.07, 6.45) is 2.93. The normalized spacial score (nSPS) is 17.2. The fourth-order valence-corrected chi connectivity index (χ4v) is 2.47. The van der Waals surface area contributed by atoms with Crippen LogP contribution in [0.2, 0.25) is 0 Å². The highest BCUT2D eigenvalue weighted by molar-refractivity contribution is 9.10. The molecule has 16 heavy (non-hydrogen) atoms. The summed E-state index contributed by atoms with van der Waals surface area (Å²) in [7, 11) is 1.90. The van der Waals surface area contributed by atoms with Gasteiger partial charge >= 0.3 is 0 Å². The van der Waals surface area contributed by atoms with E-state index in [1.165, 1.54) is 0 Å². The molecule has 0 saturated carbocycles. The summed E-state index contributed by atoms with van der Waals surface area (Å²) in [4.78, 5) is 14.2. The second kappa shape index (κ2) is 5.01. The minimum absolute atomic E-state index is 0.122. The van der Waals surface area contributed by atoms with Crippen LogP contribution in [0.4, 0.5) is 0 Å². The summed E-state index contributed by atoms with van der Waals surface area (Å²) in [5.41, 5.74) is 0.744. The number of nitrogens with one attached hydrogen (secondary N) is 1. The topological polar surface area (TPSA) is 37.3 Å². The molecule has 0 atom stereocenters. The summed E-state index contributed by atoms with van der Waals surface area (Å²) in [5.74, 6) is 0.122. The molecule has 0 radical (unpaired) electrons. The molecular formula is C11H16BrN3O. The van der Waals surface area contributed by atoms with Crippen molar-refractivity contribution < 1.29 is 4.79 Å². The van der Waals surface area contributed by atoms with Crippen molar-refractivity contribution >= 4 is 21.8 Å². The Labute approximate surface area is 104 Å². The van der Waals surface area contributed by atoms with E-state index in [1.807, 2.05) is 28.8 Å². The zero-order valence-corrected chi connectivity index (χ0v) is 11.0. The lowest BCUT2D eigenvalue weighted by atomic mass is 10.3. The molecule has 5 heteroatoms. The zero-order chi connectivity index (χ0) is 11.5. The van der Waals surface area contributed by atoms with Crippen molar-refractivity contribution in [2.24, 2.45) is 7.05 Å². The smallest absolute Gasteiger partial charge is 0.270 e. The first kappa shape index (κ1) is 11.7. The molecule has 1 amide bonds. The number of carbonyl (C=O) groups excluding carboxylic acids is 1. The Bertz CT molecular complexity index is 381. The maximum Gasteiger partial charge on any atom is 0.270 e. The molecule has 1 aromatic heterocycles. The molecule has 0 aromatic carbocycles. The van der Waals surface area contributed by atoms with Crippen LogP contribution in [0.1, 0.15) is 16.9 Å². The molecule has 0 aliphatic carbocycles. The summed E-state index contributed by atoms with van der Waals surface area (Å²) in [6, 6.07) is 1.88. The highest BCUT2D eigenvalue weighted by atomic mass is 79.9. The molecule has 2 rings (SSSR count). The molecule has 88 valence electrons. The van der Waals surface area contributed by atoms with Gasteiger partial charge in [-0.3, -0.25) is 4.79 Å². The highest BCUT2D eigenvalue weighted by Crippen LogP contribution is 2.15. The van der Waals surface area contributed by atoms with Crippen molar-refractivity contribution in [3.05, 3.63) is 22.4 Å². The predicted octanol–water partition coefficient (Wildman–Crippen LogP) is 1.22. The van der Waals surface area contributed by atoms with Crippen LogP contribution in [0.15, 0.2) is 16.7 Å². The number of rotatable bonds is 1. The van der Waals surface area contributed by atoms with Gasteiger partial charge in [0.2, 0.25) is 0 Å². The Morgan fingerprint density at radius 1 is 1.44 bits per heavy atom. The van der Waals surface area contributed by atoms with E-state index in [4.69, 9.17) is 0 Å². The van der Waals surface area contributed by atoms with Crippen LogP contribution in [-0.4, -0.2) is 41.6 Å². The molecule has 2 heterocycles. The van der Waals surface area contributed by atoms with E-state index in [1.54, 1.807) is 0 Å². The van der Waals surface area contributed by atoms with Crippen LogP contribution in [0.25, 0.3) is 0 Å². The summed E-state index contributed by atoms with van der Waals surface area (Å²) >= 11 is 3.39. The first-order valence-corrected chi connectivity index (χ1v) is 6.29. The van der Waals surface area contributed by atoms with E-state index in [0.717, 1.165) is 42.8 Å². The Morgan fingerprint density at radius 2 is 2.25 bits per heavy atom. The lowest BCUT2D eigenvalue weighted by Gasteiger charge is -2.19. The molecule has 0 bridgehead atoms. The van der Waals surface area contributed by atoms with E-state index < -0.39 is 0 Å². The average Bonchev–Trinajstić information content (AvgIpc) is 2.49. The molecule has 1 aromatic rings. The fraction of sp³-hybridized carbons (Fsp3) is 0.545. The zero-order valence-electron chi connectivity index (χ0n) is 9.37. The SMILES string of the molecule is Cn1cc(Br)cc1C(=O)N1CCCNCC1. The Hall–Kier alpha value is -0.810. The Morgan fingerprint density at radius 3 is 2.94 bits per heavy atom. The average molecular weight is 286 g/mol. The van der Waals surface area contributed by atoms with Crippen molar-refractivity contribution in [1.29, 1.82) is 0 Å². The van der Waals surface area contributed by atoms with E-state index >= 15 is 0 Å². The van der Waals surface area contributed by atoms with Crippen molar-refractivity contribution in [1.82, 2.24) is 14.8 Å². The van der Waals surface area contributed by atoms with Gasteiger partial charge in [0.05, 0.1) is 0 Å². The van der Waals surface area contributed by atoms with Gasteiger partial charge in [-0.15, -0.1) is 0 Å². The number of aryl methyl sites for hydroxylation is 1. The van der Waals surface area contributed by atoms with Crippen LogP contribution < -0.4 is 5.32 Å². The van der Waals surface area contributed by atoms with Crippen LogP contribution in [0, 0.1) is 0 Å². The third kappa shape index (κ3) is 2.47. The van der Waals surface area contributed by atoms with E-state index in [2.05, 4.69) is 21.2 Å². The van der Waals surface area contributed by atoms with Crippen LogP contribution in [0.5, 0.6) is 0 Å². The van der Waals surface area contributed by atoms with E-state index in [0.29, 0.717) is 0 Å². The second-order valence-corrected chi connectivity index (χ2v) is 4.97. The van der Waals surface area contributed by atoms with Gasteiger partial charge in [-0.05, 0) is 35.0 Å². The molecule has 1 N–H and O–H groups in total. The molecule has 4 nitrogen and oxygen atoms in total. The quantitative estimate of drug-likeness (QED) is 0.843. The van der Waals surface area contributed by atoms with Crippen molar-refractivity contribution in [3.8, 4) is 0 Å². The number of aromatic nitrogens is 1. The maximum atomic E-state index is 12.2. The van der Waals surface area contributed by atoms with E-state index in [9.17, 15) is 4.79 Å². The Balaban J connectivity index is 2.14. The van der Waals surface area contributed by atoms with Gasteiger partial charge in [0.15, 0.2) is 0 Å². The number of carbonyl (C=O) groups is 1.